The maximum absolute atomic E-state index is 12.9. The van der Waals surface area contributed by atoms with Crippen molar-refractivity contribution < 1.29 is 14.1 Å². The van der Waals surface area contributed by atoms with Crippen LogP contribution in [0.4, 0.5) is 5.69 Å². The number of ether oxygens (including phenoxy) is 1. The summed E-state index contributed by atoms with van der Waals surface area (Å²) in [5.41, 5.74) is 5.30. The van der Waals surface area contributed by atoms with Gasteiger partial charge in [0.2, 0.25) is 0 Å². The number of amides is 1. The van der Waals surface area contributed by atoms with E-state index < -0.39 is 11.2 Å². The maximum atomic E-state index is 12.9. The highest BCUT2D eigenvalue weighted by atomic mass is 32.2. The van der Waals surface area contributed by atoms with Gasteiger partial charge >= 0.3 is 0 Å². The number of aromatic nitrogens is 2. The molecule has 1 heterocycles. The third kappa shape index (κ3) is 7.85. The van der Waals surface area contributed by atoms with Gasteiger partial charge in [-0.05, 0) is 96.2 Å². The number of nitrogens with one attached hydrogen (secondary N) is 1. The van der Waals surface area contributed by atoms with Gasteiger partial charge in [0.05, 0.1) is 24.8 Å². The Morgan fingerprint density at radius 1 is 1.03 bits per heavy atom. The summed E-state index contributed by atoms with van der Waals surface area (Å²) < 4.78 is 20.6. The van der Waals surface area contributed by atoms with Crippen LogP contribution in [0, 0.1) is 0 Å². The standard InChI is InChI=1S/C32H35N3O3S/c1-4-17-35-23-33-21-29(35)22-39(37)31-15-11-28(12-16-31)34-32(36)24(3)19-25-7-6-8-27(20-25)26-9-13-30(14-10-26)38-18-5-2/h6-16,19-21,23H,4-5,17-18,22H2,1-3H3,(H,34,36)/b24-19+/t39-/m1/s1. The van der Waals surface area contributed by atoms with E-state index in [1.165, 1.54) is 0 Å². The second-order valence-electron chi connectivity index (χ2n) is 9.37. The van der Waals surface area contributed by atoms with Crippen molar-refractivity contribution in [1.29, 1.82) is 0 Å². The first kappa shape index (κ1) is 28.2. The van der Waals surface area contributed by atoms with Gasteiger partial charge in [-0.1, -0.05) is 44.2 Å². The van der Waals surface area contributed by atoms with Gasteiger partial charge in [0.15, 0.2) is 10.6 Å². The number of carbonyl (C=O) groups is 1. The van der Waals surface area contributed by atoms with Crippen LogP contribution in [0.5, 0.6) is 5.75 Å². The molecule has 1 atom stereocenters. The van der Waals surface area contributed by atoms with E-state index in [1.54, 1.807) is 43.7 Å². The first-order valence-electron chi connectivity index (χ1n) is 13.3. The molecular weight excluding hydrogens is 506 g/mol. The SMILES string of the molecule is CCCOc1ccc(-c2cccc(/C=C(\C)C(=O)Nc3ccc([S@+]([O-])Cc4cncn4CCC)cc3)c2)cc1. The van der Waals surface area contributed by atoms with Gasteiger partial charge in [-0.3, -0.25) is 4.79 Å². The monoisotopic (exact) mass is 541 g/mol. The van der Waals surface area contributed by atoms with Crippen LogP contribution < -0.4 is 10.1 Å². The average molecular weight is 542 g/mol. The summed E-state index contributed by atoms with van der Waals surface area (Å²) >= 11 is -1.20. The van der Waals surface area contributed by atoms with E-state index in [1.807, 2.05) is 47.0 Å². The summed E-state index contributed by atoms with van der Waals surface area (Å²) in [5, 5.41) is 2.93. The molecule has 1 amide bonds. The van der Waals surface area contributed by atoms with Crippen molar-refractivity contribution in [1.82, 2.24) is 9.55 Å². The molecule has 0 radical (unpaired) electrons. The summed E-state index contributed by atoms with van der Waals surface area (Å²) in [7, 11) is 0. The molecule has 0 aliphatic heterocycles. The lowest BCUT2D eigenvalue weighted by molar-refractivity contribution is -0.112. The highest BCUT2D eigenvalue weighted by Crippen LogP contribution is 2.25. The van der Waals surface area contributed by atoms with Gasteiger partial charge < -0.3 is 19.2 Å². The molecule has 0 aliphatic rings. The summed E-state index contributed by atoms with van der Waals surface area (Å²) in [6.45, 7) is 7.55. The Balaban J connectivity index is 1.37. The summed E-state index contributed by atoms with van der Waals surface area (Å²) in [4.78, 5) is 17.8. The minimum absolute atomic E-state index is 0.185. The van der Waals surface area contributed by atoms with Gasteiger partial charge in [0.1, 0.15) is 5.75 Å². The second-order valence-corrected chi connectivity index (χ2v) is 10.8. The molecule has 0 fully saturated rings. The Morgan fingerprint density at radius 3 is 2.51 bits per heavy atom. The molecule has 0 unspecified atom stereocenters. The Hall–Kier alpha value is -3.81. The Bertz CT molecular complexity index is 1390. The molecule has 1 aromatic heterocycles. The summed E-state index contributed by atoms with van der Waals surface area (Å²) in [6, 6.07) is 23.3. The smallest absolute Gasteiger partial charge is 0.251 e. The van der Waals surface area contributed by atoms with Crippen LogP contribution in [0.2, 0.25) is 0 Å². The van der Waals surface area contributed by atoms with E-state index >= 15 is 0 Å². The van der Waals surface area contributed by atoms with Crippen molar-refractivity contribution in [2.24, 2.45) is 0 Å². The zero-order valence-corrected chi connectivity index (χ0v) is 23.5. The minimum Gasteiger partial charge on any atom is -0.611 e. The molecule has 3 aromatic carbocycles. The molecule has 202 valence electrons. The van der Waals surface area contributed by atoms with Crippen LogP contribution in [0.25, 0.3) is 17.2 Å². The number of nitrogens with zero attached hydrogens (tertiary/aromatic N) is 2. The Labute approximate surface area is 233 Å². The number of benzene rings is 3. The van der Waals surface area contributed by atoms with Crippen molar-refractivity contribution in [3.05, 3.63) is 102 Å². The molecule has 1 N–H and O–H groups in total. The van der Waals surface area contributed by atoms with Crippen LogP contribution in [-0.2, 0) is 28.3 Å². The quantitative estimate of drug-likeness (QED) is 0.153. The molecule has 39 heavy (non-hydrogen) atoms. The Morgan fingerprint density at radius 2 is 1.79 bits per heavy atom. The predicted molar refractivity (Wildman–Crippen MR) is 159 cm³/mol. The average Bonchev–Trinajstić information content (AvgIpc) is 3.39. The number of hydrogen-bond acceptors (Lipinski definition) is 4. The lowest BCUT2D eigenvalue weighted by Gasteiger charge is -2.13. The van der Waals surface area contributed by atoms with E-state index in [2.05, 4.69) is 36.3 Å². The molecule has 0 spiro atoms. The van der Waals surface area contributed by atoms with Gasteiger partial charge in [-0.25, -0.2) is 4.98 Å². The van der Waals surface area contributed by atoms with Gasteiger partial charge in [-0.2, -0.15) is 0 Å². The molecule has 4 aromatic rings. The largest absolute Gasteiger partial charge is 0.611 e. The first-order chi connectivity index (χ1) is 19.0. The lowest BCUT2D eigenvalue weighted by Crippen LogP contribution is -2.13. The zero-order valence-electron chi connectivity index (χ0n) is 22.7. The topological polar surface area (TPSA) is 79.2 Å². The number of carbonyl (C=O) groups excluding carboxylic acids is 1. The lowest BCUT2D eigenvalue weighted by atomic mass is 10.0. The first-order valence-corrected chi connectivity index (χ1v) is 14.6. The van der Waals surface area contributed by atoms with Crippen LogP contribution in [0.1, 0.15) is 44.9 Å². The fourth-order valence-corrected chi connectivity index (χ4v) is 5.25. The van der Waals surface area contributed by atoms with E-state index in [-0.39, 0.29) is 5.91 Å². The number of imidazole rings is 1. The van der Waals surface area contributed by atoms with Crippen LogP contribution in [0.15, 0.2) is 95.8 Å². The van der Waals surface area contributed by atoms with Crippen molar-refractivity contribution in [3.8, 4) is 16.9 Å². The molecule has 6 nitrogen and oxygen atoms in total. The molecule has 0 saturated heterocycles. The normalized spacial score (nSPS) is 12.3. The molecule has 4 rings (SSSR count). The van der Waals surface area contributed by atoms with E-state index in [0.717, 1.165) is 47.5 Å². The maximum Gasteiger partial charge on any atom is 0.251 e. The number of aryl methyl sites for hydroxylation is 1. The van der Waals surface area contributed by atoms with Crippen LogP contribution in [0.3, 0.4) is 0 Å². The molecule has 7 heteroatoms. The second kappa shape index (κ2) is 13.8. The number of rotatable bonds is 12. The molecular formula is C32H35N3O3S. The van der Waals surface area contributed by atoms with Crippen molar-refractivity contribution >= 4 is 28.8 Å². The third-order valence-electron chi connectivity index (χ3n) is 6.21. The summed E-state index contributed by atoms with van der Waals surface area (Å²) in [6.07, 6.45) is 7.39. The highest BCUT2D eigenvalue weighted by Gasteiger charge is 2.15. The van der Waals surface area contributed by atoms with Gasteiger partial charge in [-0.15, -0.1) is 0 Å². The molecule has 0 aliphatic carbocycles. The number of anilines is 1. The fraction of sp³-hybridized carbons (Fsp3) is 0.250. The predicted octanol–water partition coefficient (Wildman–Crippen LogP) is 7.10. The fourth-order valence-electron chi connectivity index (χ4n) is 4.14. The number of hydrogen-bond donors (Lipinski definition) is 1. The zero-order chi connectivity index (χ0) is 27.6. The van der Waals surface area contributed by atoms with Crippen molar-refractivity contribution in [2.75, 3.05) is 11.9 Å². The van der Waals surface area contributed by atoms with Crippen LogP contribution in [-0.4, -0.2) is 26.6 Å². The highest BCUT2D eigenvalue weighted by molar-refractivity contribution is 7.90. The van der Waals surface area contributed by atoms with Gasteiger partial charge in [0, 0.05) is 17.8 Å². The van der Waals surface area contributed by atoms with Crippen molar-refractivity contribution in [2.45, 2.75) is 50.8 Å². The molecule has 0 bridgehead atoms. The minimum atomic E-state index is -1.20. The summed E-state index contributed by atoms with van der Waals surface area (Å²) in [5.74, 6) is 1.08. The van der Waals surface area contributed by atoms with Crippen molar-refractivity contribution in [3.63, 3.8) is 0 Å². The molecule has 0 saturated carbocycles. The Kier molecular flexibility index (Phi) is 10.00. The third-order valence-corrected chi connectivity index (χ3v) is 7.56. The van der Waals surface area contributed by atoms with Crippen LogP contribution >= 0.6 is 0 Å². The van der Waals surface area contributed by atoms with E-state index in [9.17, 15) is 9.35 Å². The van der Waals surface area contributed by atoms with Gasteiger partial charge in [0.25, 0.3) is 5.91 Å². The van der Waals surface area contributed by atoms with E-state index in [0.29, 0.717) is 28.5 Å². The van der Waals surface area contributed by atoms with E-state index in [4.69, 9.17) is 4.74 Å².